The number of rotatable bonds is 6. The van der Waals surface area contributed by atoms with E-state index in [1.54, 1.807) is 14.0 Å². The molecule has 0 fully saturated rings. The fourth-order valence-electron chi connectivity index (χ4n) is 2.58. The van der Waals surface area contributed by atoms with Crippen molar-refractivity contribution < 1.29 is 9.13 Å². The van der Waals surface area contributed by atoms with E-state index in [-0.39, 0.29) is 11.9 Å². The van der Waals surface area contributed by atoms with Gasteiger partial charge in [0.15, 0.2) is 0 Å². The van der Waals surface area contributed by atoms with E-state index in [4.69, 9.17) is 16.3 Å². The van der Waals surface area contributed by atoms with Gasteiger partial charge in [0.25, 0.3) is 0 Å². The monoisotopic (exact) mass is 298 g/mol. The molecule has 1 aromatic carbocycles. The van der Waals surface area contributed by atoms with Crippen LogP contribution in [0.2, 0.25) is 0 Å². The van der Waals surface area contributed by atoms with E-state index in [0.717, 1.165) is 24.2 Å². The second-order valence-corrected chi connectivity index (χ2v) is 5.29. The second kappa shape index (κ2) is 6.55. The Labute approximate surface area is 123 Å². The number of aryl methyl sites for hydroxylation is 1. The minimum absolute atomic E-state index is 0.175. The Morgan fingerprint density at radius 3 is 2.80 bits per heavy atom. The van der Waals surface area contributed by atoms with Gasteiger partial charge in [0.1, 0.15) is 11.6 Å². The summed E-state index contributed by atoms with van der Waals surface area (Å²) in [5, 5.41) is 0. The van der Waals surface area contributed by atoms with Gasteiger partial charge in [0.05, 0.1) is 29.6 Å². The van der Waals surface area contributed by atoms with Gasteiger partial charge < -0.3 is 9.30 Å². The smallest absolute Gasteiger partial charge is 0.128 e. The molecule has 0 aliphatic carbocycles. The molecule has 1 atom stereocenters. The van der Waals surface area contributed by atoms with Gasteiger partial charge in [-0.25, -0.2) is 9.37 Å². The standard InChI is InChI=1S/C15H20ClFN2O/c1-4-5-11(9-20-3)19-14-6-10(2)12(17)7-13(14)18-15(19)8-16/h6-7,11H,4-5,8-9H2,1-3H3. The van der Waals surface area contributed by atoms with E-state index in [0.29, 0.717) is 23.6 Å². The summed E-state index contributed by atoms with van der Waals surface area (Å²) in [4.78, 5) is 4.45. The van der Waals surface area contributed by atoms with Gasteiger partial charge in [0.2, 0.25) is 0 Å². The topological polar surface area (TPSA) is 27.1 Å². The summed E-state index contributed by atoms with van der Waals surface area (Å²) in [5.74, 6) is 0.837. The number of hydrogen-bond acceptors (Lipinski definition) is 2. The predicted molar refractivity (Wildman–Crippen MR) is 79.8 cm³/mol. The molecule has 20 heavy (non-hydrogen) atoms. The number of alkyl halides is 1. The van der Waals surface area contributed by atoms with Crippen molar-refractivity contribution in [3.05, 3.63) is 29.3 Å². The van der Waals surface area contributed by atoms with Crippen molar-refractivity contribution in [1.29, 1.82) is 0 Å². The van der Waals surface area contributed by atoms with E-state index in [1.165, 1.54) is 6.07 Å². The first kappa shape index (κ1) is 15.3. The van der Waals surface area contributed by atoms with Crippen LogP contribution in [0.25, 0.3) is 11.0 Å². The molecule has 0 amide bonds. The van der Waals surface area contributed by atoms with Crippen molar-refractivity contribution >= 4 is 22.6 Å². The van der Waals surface area contributed by atoms with Crippen LogP contribution in [0.4, 0.5) is 4.39 Å². The van der Waals surface area contributed by atoms with Crippen molar-refractivity contribution in [1.82, 2.24) is 9.55 Å². The van der Waals surface area contributed by atoms with Crippen molar-refractivity contribution in [2.75, 3.05) is 13.7 Å². The number of nitrogens with zero attached hydrogens (tertiary/aromatic N) is 2. The fraction of sp³-hybridized carbons (Fsp3) is 0.533. The lowest BCUT2D eigenvalue weighted by Crippen LogP contribution is -2.16. The van der Waals surface area contributed by atoms with E-state index < -0.39 is 0 Å². The van der Waals surface area contributed by atoms with E-state index in [2.05, 4.69) is 16.5 Å². The molecule has 0 N–H and O–H groups in total. The third-order valence-electron chi connectivity index (χ3n) is 3.51. The Hall–Kier alpha value is -1.13. The van der Waals surface area contributed by atoms with Crippen molar-refractivity contribution in [2.24, 2.45) is 0 Å². The number of imidazole rings is 1. The molecule has 2 rings (SSSR count). The number of hydrogen-bond donors (Lipinski definition) is 0. The minimum Gasteiger partial charge on any atom is -0.383 e. The van der Waals surface area contributed by atoms with Crippen LogP contribution in [0.1, 0.15) is 37.2 Å². The third kappa shape index (κ3) is 2.81. The predicted octanol–water partition coefficient (Wildman–Crippen LogP) is 4.21. The number of benzene rings is 1. The SMILES string of the molecule is CCCC(COC)n1c(CCl)nc2cc(F)c(C)cc21. The van der Waals surface area contributed by atoms with Gasteiger partial charge >= 0.3 is 0 Å². The summed E-state index contributed by atoms with van der Waals surface area (Å²) in [6.45, 7) is 4.49. The average Bonchev–Trinajstić information content (AvgIpc) is 2.76. The lowest BCUT2D eigenvalue weighted by molar-refractivity contribution is 0.151. The Morgan fingerprint density at radius 1 is 1.45 bits per heavy atom. The summed E-state index contributed by atoms with van der Waals surface area (Å²) in [5.41, 5.74) is 2.20. The van der Waals surface area contributed by atoms with Crippen LogP contribution in [0, 0.1) is 12.7 Å². The molecule has 1 aromatic heterocycles. The van der Waals surface area contributed by atoms with Crippen LogP contribution < -0.4 is 0 Å². The highest BCUT2D eigenvalue weighted by molar-refractivity contribution is 6.16. The number of aromatic nitrogens is 2. The maximum Gasteiger partial charge on any atom is 0.128 e. The Balaban J connectivity index is 2.61. The average molecular weight is 299 g/mol. The van der Waals surface area contributed by atoms with Crippen molar-refractivity contribution in [3.63, 3.8) is 0 Å². The molecule has 0 saturated heterocycles. The number of fused-ring (bicyclic) bond motifs is 1. The fourth-order valence-corrected chi connectivity index (χ4v) is 2.77. The van der Waals surface area contributed by atoms with E-state index >= 15 is 0 Å². The lowest BCUT2D eigenvalue weighted by Gasteiger charge is -2.20. The van der Waals surface area contributed by atoms with Crippen molar-refractivity contribution in [3.8, 4) is 0 Å². The van der Waals surface area contributed by atoms with Crippen LogP contribution in [0.15, 0.2) is 12.1 Å². The molecule has 1 heterocycles. The molecular weight excluding hydrogens is 279 g/mol. The van der Waals surface area contributed by atoms with Crippen LogP contribution in [0.3, 0.4) is 0 Å². The molecule has 5 heteroatoms. The molecule has 0 bridgehead atoms. The van der Waals surface area contributed by atoms with Gasteiger partial charge in [-0.2, -0.15) is 0 Å². The zero-order valence-corrected chi connectivity index (χ0v) is 12.9. The highest BCUT2D eigenvalue weighted by Gasteiger charge is 2.19. The third-order valence-corrected chi connectivity index (χ3v) is 3.75. The quantitative estimate of drug-likeness (QED) is 0.747. The van der Waals surface area contributed by atoms with Crippen LogP contribution in [0.5, 0.6) is 0 Å². The summed E-state index contributed by atoms with van der Waals surface area (Å²) in [7, 11) is 1.69. The first-order valence-electron chi connectivity index (χ1n) is 6.84. The van der Waals surface area contributed by atoms with E-state index in [9.17, 15) is 4.39 Å². The number of methoxy groups -OCH3 is 1. The highest BCUT2D eigenvalue weighted by Crippen LogP contribution is 2.27. The molecule has 1 unspecified atom stereocenters. The molecule has 0 spiro atoms. The van der Waals surface area contributed by atoms with Gasteiger partial charge in [-0.1, -0.05) is 13.3 Å². The maximum atomic E-state index is 13.7. The summed E-state index contributed by atoms with van der Waals surface area (Å²) >= 11 is 6.01. The van der Waals surface area contributed by atoms with Gasteiger partial charge in [-0.15, -0.1) is 11.6 Å². The Bertz CT molecular complexity index is 591. The largest absolute Gasteiger partial charge is 0.383 e. The molecule has 0 aliphatic heterocycles. The first-order valence-corrected chi connectivity index (χ1v) is 7.37. The maximum absolute atomic E-state index is 13.7. The zero-order valence-electron chi connectivity index (χ0n) is 12.1. The molecule has 2 aromatic rings. The molecule has 0 aliphatic rings. The number of halogens is 2. The molecule has 110 valence electrons. The van der Waals surface area contributed by atoms with Crippen LogP contribution in [-0.4, -0.2) is 23.3 Å². The normalized spacial score (nSPS) is 13.1. The van der Waals surface area contributed by atoms with Gasteiger partial charge in [0, 0.05) is 13.2 Å². The first-order chi connectivity index (χ1) is 9.62. The molecular formula is C15H20ClFN2O. The lowest BCUT2D eigenvalue weighted by atomic mass is 10.1. The zero-order chi connectivity index (χ0) is 14.7. The molecule has 0 saturated carbocycles. The summed E-state index contributed by atoms with van der Waals surface area (Å²) in [6.07, 6.45) is 2.01. The van der Waals surface area contributed by atoms with Gasteiger partial charge in [-0.05, 0) is 25.0 Å². The van der Waals surface area contributed by atoms with Crippen LogP contribution in [-0.2, 0) is 10.6 Å². The van der Waals surface area contributed by atoms with Crippen molar-refractivity contribution in [2.45, 2.75) is 38.6 Å². The molecule has 0 radical (unpaired) electrons. The second-order valence-electron chi connectivity index (χ2n) is 5.02. The Kier molecular flexibility index (Phi) is 5.00. The molecule has 3 nitrogen and oxygen atoms in total. The van der Waals surface area contributed by atoms with E-state index in [1.807, 2.05) is 6.07 Å². The minimum atomic E-state index is -0.234. The Morgan fingerprint density at radius 2 is 2.20 bits per heavy atom. The number of ether oxygens (including phenoxy) is 1. The van der Waals surface area contributed by atoms with Gasteiger partial charge in [-0.3, -0.25) is 0 Å². The highest BCUT2D eigenvalue weighted by atomic mass is 35.5. The summed E-state index contributed by atoms with van der Waals surface area (Å²) in [6, 6.07) is 3.49. The van der Waals surface area contributed by atoms with Crippen LogP contribution >= 0.6 is 11.6 Å². The summed E-state index contributed by atoms with van der Waals surface area (Å²) < 4.78 is 21.1.